The standard InChI is InChI=1S/C15H11BrClF3O/c1-14(21,12-7-6-9(16)8-13(12)17)10-4-2-3-5-11(10)15(18,19)20/h2-8,21H,1H3. The predicted molar refractivity (Wildman–Crippen MR) is 79.3 cm³/mol. The minimum absolute atomic E-state index is 0.186. The molecule has 0 aliphatic heterocycles. The van der Waals surface area contributed by atoms with Gasteiger partial charge in [0, 0.05) is 15.1 Å². The van der Waals surface area contributed by atoms with E-state index >= 15 is 0 Å². The molecule has 0 heterocycles. The summed E-state index contributed by atoms with van der Waals surface area (Å²) in [5.41, 5.74) is -2.76. The molecule has 6 heteroatoms. The van der Waals surface area contributed by atoms with Gasteiger partial charge in [-0.1, -0.05) is 51.8 Å². The molecule has 1 N–H and O–H groups in total. The molecule has 2 aromatic carbocycles. The highest BCUT2D eigenvalue weighted by Crippen LogP contribution is 2.41. The SMILES string of the molecule is CC(O)(c1ccc(Br)cc1Cl)c1ccccc1C(F)(F)F. The van der Waals surface area contributed by atoms with Crippen LogP contribution in [0.1, 0.15) is 23.6 Å². The summed E-state index contributed by atoms with van der Waals surface area (Å²) in [4.78, 5) is 0. The number of halogens is 5. The Bertz CT molecular complexity index is 668. The minimum atomic E-state index is -4.55. The van der Waals surface area contributed by atoms with Crippen LogP contribution in [-0.4, -0.2) is 5.11 Å². The number of benzene rings is 2. The quantitative estimate of drug-likeness (QED) is 0.743. The van der Waals surface area contributed by atoms with Crippen molar-refractivity contribution in [2.75, 3.05) is 0 Å². The van der Waals surface area contributed by atoms with Gasteiger partial charge in [-0.2, -0.15) is 13.2 Å². The molecule has 2 rings (SSSR count). The van der Waals surface area contributed by atoms with Crippen molar-refractivity contribution in [3.63, 3.8) is 0 Å². The van der Waals surface area contributed by atoms with Crippen molar-refractivity contribution in [2.45, 2.75) is 18.7 Å². The number of aliphatic hydroxyl groups is 1. The Labute approximate surface area is 133 Å². The monoisotopic (exact) mass is 378 g/mol. The average molecular weight is 380 g/mol. The molecule has 21 heavy (non-hydrogen) atoms. The maximum atomic E-state index is 13.1. The molecule has 0 aliphatic carbocycles. The van der Waals surface area contributed by atoms with Crippen molar-refractivity contribution in [1.29, 1.82) is 0 Å². The van der Waals surface area contributed by atoms with E-state index in [2.05, 4.69) is 15.9 Å². The van der Waals surface area contributed by atoms with Crippen molar-refractivity contribution in [2.24, 2.45) is 0 Å². The van der Waals surface area contributed by atoms with Crippen LogP contribution in [0.5, 0.6) is 0 Å². The van der Waals surface area contributed by atoms with E-state index in [4.69, 9.17) is 11.6 Å². The summed E-state index contributed by atoms with van der Waals surface area (Å²) in [6.45, 7) is 1.30. The Kier molecular flexibility index (Phi) is 4.38. The average Bonchev–Trinajstić information content (AvgIpc) is 2.37. The number of hydrogen-bond acceptors (Lipinski definition) is 1. The van der Waals surface area contributed by atoms with E-state index in [1.165, 1.54) is 37.3 Å². The second kappa shape index (κ2) is 5.63. The third-order valence-corrected chi connectivity index (χ3v) is 4.02. The molecule has 0 spiro atoms. The van der Waals surface area contributed by atoms with Crippen LogP contribution < -0.4 is 0 Å². The molecule has 1 nitrogen and oxygen atoms in total. The van der Waals surface area contributed by atoms with E-state index < -0.39 is 17.3 Å². The van der Waals surface area contributed by atoms with Crippen molar-refractivity contribution in [3.05, 3.63) is 68.7 Å². The van der Waals surface area contributed by atoms with Gasteiger partial charge in [-0.3, -0.25) is 0 Å². The summed E-state index contributed by atoms with van der Waals surface area (Å²) in [7, 11) is 0. The van der Waals surface area contributed by atoms with Crippen LogP contribution in [0.2, 0.25) is 5.02 Å². The van der Waals surface area contributed by atoms with Crippen LogP contribution in [0, 0.1) is 0 Å². The van der Waals surface area contributed by atoms with Crippen LogP contribution in [0.3, 0.4) is 0 Å². The van der Waals surface area contributed by atoms with Crippen LogP contribution in [0.25, 0.3) is 0 Å². The number of rotatable bonds is 2. The van der Waals surface area contributed by atoms with Crippen LogP contribution in [-0.2, 0) is 11.8 Å². The highest BCUT2D eigenvalue weighted by Gasteiger charge is 2.39. The largest absolute Gasteiger partial charge is 0.416 e. The Hall–Kier alpha value is -1.04. The molecule has 0 saturated carbocycles. The zero-order valence-corrected chi connectivity index (χ0v) is 13.2. The molecule has 0 aliphatic rings. The molecular weight excluding hydrogens is 369 g/mol. The summed E-state index contributed by atoms with van der Waals surface area (Å²) >= 11 is 9.28. The highest BCUT2D eigenvalue weighted by atomic mass is 79.9. The van der Waals surface area contributed by atoms with Gasteiger partial charge in [-0.15, -0.1) is 0 Å². The summed E-state index contributed by atoms with van der Waals surface area (Å²) in [6.07, 6.45) is -4.55. The highest BCUT2D eigenvalue weighted by molar-refractivity contribution is 9.10. The third kappa shape index (κ3) is 3.25. The lowest BCUT2D eigenvalue weighted by molar-refractivity contribution is -0.139. The van der Waals surface area contributed by atoms with E-state index in [1.807, 2.05) is 0 Å². The Balaban J connectivity index is 2.64. The fourth-order valence-corrected chi connectivity index (χ4v) is 3.04. The number of hydrogen-bond donors (Lipinski definition) is 1. The Morgan fingerprint density at radius 1 is 1.00 bits per heavy atom. The molecule has 0 saturated heterocycles. The molecule has 0 amide bonds. The molecule has 0 fully saturated rings. The summed E-state index contributed by atoms with van der Waals surface area (Å²) in [5.74, 6) is 0. The van der Waals surface area contributed by atoms with Gasteiger partial charge >= 0.3 is 6.18 Å². The van der Waals surface area contributed by atoms with Gasteiger partial charge in [0.05, 0.1) is 5.56 Å². The first-order chi connectivity index (χ1) is 9.64. The first-order valence-corrected chi connectivity index (χ1v) is 7.15. The van der Waals surface area contributed by atoms with E-state index in [9.17, 15) is 18.3 Å². The van der Waals surface area contributed by atoms with Crippen molar-refractivity contribution in [1.82, 2.24) is 0 Å². The van der Waals surface area contributed by atoms with Crippen molar-refractivity contribution >= 4 is 27.5 Å². The zero-order chi connectivity index (χ0) is 15.8. The topological polar surface area (TPSA) is 20.2 Å². The lowest BCUT2D eigenvalue weighted by Gasteiger charge is -2.28. The maximum Gasteiger partial charge on any atom is 0.416 e. The lowest BCUT2D eigenvalue weighted by Crippen LogP contribution is -2.27. The summed E-state index contributed by atoms with van der Waals surface area (Å²) in [5, 5.41) is 10.9. The van der Waals surface area contributed by atoms with Gasteiger partial charge in [-0.05, 0) is 30.7 Å². The second-order valence-electron chi connectivity index (χ2n) is 4.74. The molecule has 0 bridgehead atoms. The Morgan fingerprint density at radius 3 is 2.10 bits per heavy atom. The summed E-state index contributed by atoms with van der Waals surface area (Å²) in [6, 6.07) is 9.57. The molecule has 112 valence electrons. The number of alkyl halides is 3. The van der Waals surface area contributed by atoms with Crippen LogP contribution in [0.4, 0.5) is 13.2 Å². The molecule has 1 atom stereocenters. The van der Waals surface area contributed by atoms with Gasteiger partial charge in [0.25, 0.3) is 0 Å². The third-order valence-electron chi connectivity index (χ3n) is 3.21. The molecule has 1 unspecified atom stereocenters. The van der Waals surface area contributed by atoms with E-state index in [1.54, 1.807) is 6.07 Å². The molecule has 2 aromatic rings. The maximum absolute atomic E-state index is 13.1. The van der Waals surface area contributed by atoms with Crippen LogP contribution >= 0.6 is 27.5 Å². The normalized spacial score (nSPS) is 14.8. The van der Waals surface area contributed by atoms with Crippen LogP contribution in [0.15, 0.2) is 46.9 Å². The van der Waals surface area contributed by atoms with Crippen molar-refractivity contribution < 1.29 is 18.3 Å². The first kappa shape index (κ1) is 16.3. The fourth-order valence-electron chi connectivity index (χ4n) is 2.18. The summed E-state index contributed by atoms with van der Waals surface area (Å²) < 4.78 is 40.0. The van der Waals surface area contributed by atoms with Gasteiger partial charge in [0.15, 0.2) is 0 Å². The second-order valence-corrected chi connectivity index (χ2v) is 6.06. The van der Waals surface area contributed by atoms with E-state index in [0.717, 1.165) is 6.07 Å². The van der Waals surface area contributed by atoms with Gasteiger partial charge in [0.2, 0.25) is 0 Å². The fraction of sp³-hybridized carbons (Fsp3) is 0.200. The Morgan fingerprint density at radius 2 is 1.57 bits per heavy atom. The molecule has 0 radical (unpaired) electrons. The van der Waals surface area contributed by atoms with Gasteiger partial charge in [0.1, 0.15) is 5.60 Å². The zero-order valence-electron chi connectivity index (χ0n) is 10.9. The molecular formula is C15H11BrClF3O. The van der Waals surface area contributed by atoms with Gasteiger partial charge in [-0.25, -0.2) is 0 Å². The smallest absolute Gasteiger partial charge is 0.381 e. The predicted octanol–water partition coefficient (Wildman–Crippen LogP) is 5.38. The van der Waals surface area contributed by atoms with Crippen molar-refractivity contribution in [3.8, 4) is 0 Å². The van der Waals surface area contributed by atoms with E-state index in [-0.39, 0.29) is 16.1 Å². The lowest BCUT2D eigenvalue weighted by atomic mass is 9.85. The van der Waals surface area contributed by atoms with E-state index in [0.29, 0.717) is 4.47 Å². The first-order valence-electron chi connectivity index (χ1n) is 5.98. The molecule has 0 aromatic heterocycles. The minimum Gasteiger partial charge on any atom is -0.381 e. The van der Waals surface area contributed by atoms with Gasteiger partial charge < -0.3 is 5.11 Å².